The molecule has 5 heteroatoms. The number of oxazole rings is 1. The van der Waals surface area contributed by atoms with Gasteiger partial charge in [0.15, 0.2) is 5.58 Å². The molecule has 0 aliphatic carbocycles. The van der Waals surface area contributed by atoms with Gasteiger partial charge in [0.1, 0.15) is 5.52 Å². The zero-order valence-corrected chi connectivity index (χ0v) is 15.5. The van der Waals surface area contributed by atoms with Crippen LogP contribution in [0.1, 0.15) is 31.7 Å². The fourth-order valence-corrected chi connectivity index (χ4v) is 3.50. The Morgan fingerprint density at radius 1 is 1.18 bits per heavy atom. The van der Waals surface area contributed by atoms with Gasteiger partial charge in [0.2, 0.25) is 5.89 Å². The number of fused-ring (bicyclic) bond motifs is 1. The van der Waals surface area contributed by atoms with E-state index in [1.165, 1.54) is 5.56 Å². The molecule has 0 spiro atoms. The highest BCUT2D eigenvalue weighted by molar-refractivity contribution is 9.11. The Kier molecular flexibility index (Phi) is 4.28. The Balaban J connectivity index is 2.09. The van der Waals surface area contributed by atoms with Crippen molar-refractivity contribution in [3.63, 3.8) is 0 Å². The number of hydrogen-bond donors (Lipinski definition) is 1. The third-order valence-electron chi connectivity index (χ3n) is 3.92. The summed E-state index contributed by atoms with van der Waals surface area (Å²) in [4.78, 5) is 4.62. The number of nitrogen functional groups attached to an aromatic ring is 1. The molecule has 0 unspecified atom stereocenters. The van der Waals surface area contributed by atoms with Crippen molar-refractivity contribution in [2.45, 2.75) is 26.2 Å². The fourth-order valence-electron chi connectivity index (χ4n) is 2.32. The topological polar surface area (TPSA) is 52.0 Å². The summed E-state index contributed by atoms with van der Waals surface area (Å²) in [7, 11) is 0. The van der Waals surface area contributed by atoms with E-state index in [0.717, 1.165) is 32.0 Å². The molecule has 0 aliphatic rings. The van der Waals surface area contributed by atoms with Crippen molar-refractivity contribution in [1.82, 2.24) is 4.98 Å². The number of anilines is 1. The first-order chi connectivity index (χ1) is 10.5. The van der Waals surface area contributed by atoms with Crippen LogP contribution in [0.15, 0.2) is 43.7 Å². The minimum atomic E-state index is 0.518. The van der Waals surface area contributed by atoms with Crippen LogP contribution in [-0.2, 0) is 0 Å². The van der Waals surface area contributed by atoms with Crippen LogP contribution in [0.25, 0.3) is 22.6 Å². The van der Waals surface area contributed by atoms with Gasteiger partial charge < -0.3 is 10.2 Å². The summed E-state index contributed by atoms with van der Waals surface area (Å²) in [5, 5.41) is 0. The Hall–Kier alpha value is -1.33. The lowest BCUT2D eigenvalue weighted by Gasteiger charge is -2.07. The highest BCUT2D eigenvalue weighted by atomic mass is 79.9. The number of aromatic nitrogens is 1. The lowest BCUT2D eigenvalue weighted by molar-refractivity contribution is 0.619. The quantitative estimate of drug-likeness (QED) is 0.516. The van der Waals surface area contributed by atoms with Gasteiger partial charge in [-0.3, -0.25) is 0 Å². The van der Waals surface area contributed by atoms with Gasteiger partial charge in [0.05, 0.1) is 5.69 Å². The zero-order chi connectivity index (χ0) is 15.9. The Bertz CT molecular complexity index is 819. The maximum atomic E-state index is 5.93. The molecular formula is C17H16Br2N2O. The van der Waals surface area contributed by atoms with Gasteiger partial charge in [-0.25, -0.2) is 4.98 Å². The van der Waals surface area contributed by atoms with Crippen molar-refractivity contribution < 1.29 is 4.42 Å². The summed E-state index contributed by atoms with van der Waals surface area (Å²) in [6, 6.07) is 10.0. The molecule has 0 radical (unpaired) electrons. The lowest BCUT2D eigenvalue weighted by atomic mass is 9.98. The molecule has 2 aromatic carbocycles. The van der Waals surface area contributed by atoms with E-state index in [4.69, 9.17) is 10.2 Å². The highest BCUT2D eigenvalue weighted by Gasteiger charge is 2.13. The molecule has 0 saturated heterocycles. The van der Waals surface area contributed by atoms with E-state index in [2.05, 4.69) is 62.8 Å². The minimum Gasteiger partial charge on any atom is -0.436 e. The molecule has 3 rings (SSSR count). The van der Waals surface area contributed by atoms with E-state index in [1.807, 2.05) is 18.2 Å². The van der Waals surface area contributed by atoms with E-state index in [0.29, 0.717) is 17.5 Å². The second-order valence-electron chi connectivity index (χ2n) is 5.41. The number of halogens is 2. The molecule has 114 valence electrons. The third-order valence-corrected chi connectivity index (χ3v) is 5.23. The molecule has 1 aromatic heterocycles. The van der Waals surface area contributed by atoms with Crippen molar-refractivity contribution in [3.05, 3.63) is 44.8 Å². The van der Waals surface area contributed by atoms with Gasteiger partial charge in [0, 0.05) is 14.5 Å². The van der Waals surface area contributed by atoms with E-state index in [9.17, 15) is 0 Å². The van der Waals surface area contributed by atoms with Gasteiger partial charge in [-0.1, -0.05) is 19.9 Å². The number of hydrogen-bond acceptors (Lipinski definition) is 3. The standard InChI is InChI=1S/C17H16Br2N2O/c1-3-9(2)10-4-5-15-14(8-10)21-17(22-15)11-6-12(18)16(20)13(19)7-11/h4-9H,3,20H2,1-2H3/t9-/m0/s1. The lowest BCUT2D eigenvalue weighted by Crippen LogP contribution is -1.90. The second-order valence-corrected chi connectivity index (χ2v) is 7.12. The average molecular weight is 424 g/mol. The molecular weight excluding hydrogens is 408 g/mol. The van der Waals surface area contributed by atoms with Crippen LogP contribution in [0.3, 0.4) is 0 Å². The van der Waals surface area contributed by atoms with Gasteiger partial charge in [-0.05, 0) is 74.0 Å². The number of benzene rings is 2. The summed E-state index contributed by atoms with van der Waals surface area (Å²) in [6.07, 6.45) is 1.11. The summed E-state index contributed by atoms with van der Waals surface area (Å²) < 4.78 is 7.52. The van der Waals surface area contributed by atoms with Crippen LogP contribution < -0.4 is 5.73 Å². The molecule has 0 saturated carbocycles. The molecule has 0 amide bonds. The summed E-state index contributed by atoms with van der Waals surface area (Å²) in [5.41, 5.74) is 10.4. The van der Waals surface area contributed by atoms with E-state index < -0.39 is 0 Å². The molecule has 1 heterocycles. The smallest absolute Gasteiger partial charge is 0.227 e. The van der Waals surface area contributed by atoms with Crippen LogP contribution in [0.5, 0.6) is 0 Å². The normalized spacial score (nSPS) is 12.7. The minimum absolute atomic E-state index is 0.518. The van der Waals surface area contributed by atoms with Gasteiger partial charge in [0.25, 0.3) is 0 Å². The monoisotopic (exact) mass is 422 g/mol. The molecule has 0 fully saturated rings. The molecule has 0 aliphatic heterocycles. The van der Waals surface area contributed by atoms with Gasteiger partial charge in [-0.2, -0.15) is 0 Å². The van der Waals surface area contributed by atoms with Crippen LogP contribution in [-0.4, -0.2) is 4.98 Å². The Morgan fingerprint density at radius 2 is 1.86 bits per heavy atom. The first-order valence-electron chi connectivity index (χ1n) is 7.15. The van der Waals surface area contributed by atoms with Crippen LogP contribution in [0.4, 0.5) is 5.69 Å². The molecule has 1 atom stereocenters. The predicted molar refractivity (Wildman–Crippen MR) is 98.0 cm³/mol. The zero-order valence-electron chi connectivity index (χ0n) is 12.4. The van der Waals surface area contributed by atoms with E-state index >= 15 is 0 Å². The molecule has 3 aromatic rings. The van der Waals surface area contributed by atoms with Crippen molar-refractivity contribution in [1.29, 1.82) is 0 Å². The van der Waals surface area contributed by atoms with Crippen molar-refractivity contribution in [3.8, 4) is 11.5 Å². The maximum absolute atomic E-state index is 5.93. The first kappa shape index (κ1) is 15.6. The van der Waals surface area contributed by atoms with E-state index in [1.54, 1.807) is 0 Å². The van der Waals surface area contributed by atoms with Crippen LogP contribution in [0, 0.1) is 0 Å². The van der Waals surface area contributed by atoms with Crippen LogP contribution >= 0.6 is 31.9 Å². The fraction of sp³-hybridized carbons (Fsp3) is 0.235. The van der Waals surface area contributed by atoms with Gasteiger partial charge in [-0.15, -0.1) is 0 Å². The molecule has 0 bridgehead atoms. The summed E-state index contributed by atoms with van der Waals surface area (Å²) >= 11 is 6.91. The van der Waals surface area contributed by atoms with Crippen molar-refractivity contribution in [2.75, 3.05) is 5.73 Å². The summed E-state index contributed by atoms with van der Waals surface area (Å²) in [6.45, 7) is 4.41. The second kappa shape index (κ2) is 6.05. The third kappa shape index (κ3) is 2.79. The number of rotatable bonds is 3. The first-order valence-corrected chi connectivity index (χ1v) is 8.73. The summed E-state index contributed by atoms with van der Waals surface area (Å²) in [5.74, 6) is 1.11. The Morgan fingerprint density at radius 3 is 2.50 bits per heavy atom. The molecule has 22 heavy (non-hydrogen) atoms. The van der Waals surface area contributed by atoms with Crippen molar-refractivity contribution >= 4 is 48.6 Å². The SMILES string of the molecule is CC[C@H](C)c1ccc2oc(-c3cc(Br)c(N)c(Br)c3)nc2c1. The maximum Gasteiger partial charge on any atom is 0.227 e. The molecule has 3 nitrogen and oxygen atoms in total. The number of nitrogens with zero attached hydrogens (tertiary/aromatic N) is 1. The average Bonchev–Trinajstić information content (AvgIpc) is 2.94. The highest BCUT2D eigenvalue weighted by Crippen LogP contribution is 2.35. The van der Waals surface area contributed by atoms with E-state index in [-0.39, 0.29) is 0 Å². The predicted octanol–water partition coefficient (Wildman–Crippen LogP) is 6.12. The van der Waals surface area contributed by atoms with Crippen molar-refractivity contribution in [2.24, 2.45) is 0 Å². The van der Waals surface area contributed by atoms with Crippen LogP contribution in [0.2, 0.25) is 0 Å². The number of nitrogens with two attached hydrogens (primary N) is 1. The Labute approximate surface area is 146 Å². The largest absolute Gasteiger partial charge is 0.436 e. The van der Waals surface area contributed by atoms with Gasteiger partial charge >= 0.3 is 0 Å². The molecule has 2 N–H and O–H groups in total.